The minimum Gasteiger partial charge on any atom is -0.343 e. The number of fused-ring (bicyclic) bond motifs is 2. The van der Waals surface area contributed by atoms with Gasteiger partial charge in [0.05, 0.1) is 10.4 Å². The predicted molar refractivity (Wildman–Crippen MR) is 100 cm³/mol. The van der Waals surface area contributed by atoms with Crippen molar-refractivity contribution in [3.05, 3.63) is 28.4 Å². The molecule has 0 saturated carbocycles. The predicted octanol–water partition coefficient (Wildman–Crippen LogP) is 3.12. The van der Waals surface area contributed by atoms with E-state index in [0.717, 1.165) is 38.5 Å². The zero-order chi connectivity index (χ0) is 16.1. The molecule has 126 valence electrons. The Morgan fingerprint density at radius 1 is 1.25 bits per heavy atom. The van der Waals surface area contributed by atoms with Gasteiger partial charge in [-0.15, -0.1) is 11.3 Å². The lowest BCUT2D eigenvalue weighted by Crippen LogP contribution is -2.29. The number of aryl methyl sites for hydroxylation is 1. The van der Waals surface area contributed by atoms with Gasteiger partial charge in [0.2, 0.25) is 0 Å². The van der Waals surface area contributed by atoms with Crippen LogP contribution in [0.2, 0.25) is 0 Å². The summed E-state index contributed by atoms with van der Waals surface area (Å²) in [7, 11) is 2.00. The van der Waals surface area contributed by atoms with Crippen molar-refractivity contribution >= 4 is 37.3 Å². The van der Waals surface area contributed by atoms with Crippen molar-refractivity contribution in [2.24, 2.45) is 7.05 Å². The summed E-state index contributed by atoms with van der Waals surface area (Å²) in [5, 5.41) is 9.17. The molecular weight excluding hydrogens is 338 g/mol. The molecule has 5 heterocycles. The van der Waals surface area contributed by atoms with Crippen LogP contribution in [0.4, 0.5) is 5.13 Å². The monoisotopic (exact) mass is 359 g/mol. The average molecular weight is 360 g/mol. The van der Waals surface area contributed by atoms with Crippen LogP contribution in [0.5, 0.6) is 0 Å². The molecule has 1 N–H and O–H groups in total. The molecule has 3 aromatic heterocycles. The lowest BCUT2D eigenvalue weighted by atomic mass is 9.97. The normalized spacial score (nSPS) is 19.1. The summed E-state index contributed by atoms with van der Waals surface area (Å²) >= 11 is 3.76. The standard InChI is InChI=1S/C17H21N5S2/c1-21-9-12-10-22(7-4-13(12)20-21)17-19-16-15(24-17)8-14(23-16)11-2-5-18-6-3-11/h8-9,11,18H,2-7,10H2,1H3. The van der Waals surface area contributed by atoms with E-state index < -0.39 is 0 Å². The molecule has 0 bridgehead atoms. The maximum Gasteiger partial charge on any atom is 0.187 e. The number of anilines is 1. The molecule has 1 fully saturated rings. The molecule has 7 heteroatoms. The van der Waals surface area contributed by atoms with Crippen LogP contribution in [-0.2, 0) is 20.0 Å². The van der Waals surface area contributed by atoms with Gasteiger partial charge in [-0.1, -0.05) is 11.3 Å². The van der Waals surface area contributed by atoms with Crippen molar-refractivity contribution in [1.82, 2.24) is 20.1 Å². The number of rotatable bonds is 2. The zero-order valence-electron chi connectivity index (χ0n) is 13.8. The third-order valence-electron chi connectivity index (χ3n) is 5.08. The fraction of sp³-hybridized carbons (Fsp3) is 0.529. The van der Waals surface area contributed by atoms with E-state index in [4.69, 9.17) is 4.98 Å². The molecule has 0 radical (unpaired) electrons. The second kappa shape index (κ2) is 5.82. The lowest BCUT2D eigenvalue weighted by Gasteiger charge is -2.25. The number of nitrogens with one attached hydrogen (secondary N) is 1. The van der Waals surface area contributed by atoms with Gasteiger partial charge in [0, 0.05) is 43.2 Å². The molecule has 24 heavy (non-hydrogen) atoms. The van der Waals surface area contributed by atoms with Gasteiger partial charge >= 0.3 is 0 Å². The molecule has 2 aliphatic heterocycles. The molecule has 0 aliphatic carbocycles. The van der Waals surface area contributed by atoms with Crippen molar-refractivity contribution in [3.8, 4) is 0 Å². The molecule has 5 nitrogen and oxygen atoms in total. The number of hydrogen-bond donors (Lipinski definition) is 1. The molecule has 2 aliphatic rings. The number of thiophene rings is 1. The van der Waals surface area contributed by atoms with Crippen LogP contribution in [0.15, 0.2) is 12.3 Å². The second-order valence-corrected chi connectivity index (χ2v) is 8.86. The van der Waals surface area contributed by atoms with E-state index in [1.165, 1.54) is 43.6 Å². The van der Waals surface area contributed by atoms with Crippen molar-refractivity contribution in [2.45, 2.75) is 31.7 Å². The highest BCUT2D eigenvalue weighted by molar-refractivity contribution is 7.29. The Kier molecular flexibility index (Phi) is 3.61. The number of nitrogens with zero attached hydrogens (tertiary/aromatic N) is 4. The highest BCUT2D eigenvalue weighted by atomic mass is 32.1. The van der Waals surface area contributed by atoms with Crippen LogP contribution in [0.25, 0.3) is 9.53 Å². The minimum absolute atomic E-state index is 0.731. The van der Waals surface area contributed by atoms with Crippen molar-refractivity contribution < 1.29 is 0 Å². The first-order chi connectivity index (χ1) is 11.8. The Labute approximate surface area is 149 Å². The van der Waals surface area contributed by atoms with Gasteiger partial charge in [0.15, 0.2) is 5.13 Å². The maximum absolute atomic E-state index is 4.95. The minimum atomic E-state index is 0.731. The summed E-state index contributed by atoms with van der Waals surface area (Å²) in [6.07, 6.45) is 5.68. The zero-order valence-corrected chi connectivity index (χ0v) is 15.4. The molecule has 0 aromatic carbocycles. The fourth-order valence-electron chi connectivity index (χ4n) is 3.80. The van der Waals surface area contributed by atoms with E-state index in [2.05, 4.69) is 27.6 Å². The van der Waals surface area contributed by atoms with Crippen LogP contribution < -0.4 is 10.2 Å². The summed E-state index contributed by atoms with van der Waals surface area (Å²) in [5.41, 5.74) is 2.60. The van der Waals surface area contributed by atoms with E-state index in [-0.39, 0.29) is 0 Å². The SMILES string of the molecule is Cn1cc2c(n1)CCN(c1nc3sc(C4CCNCC4)cc3s1)C2. The second-order valence-electron chi connectivity index (χ2n) is 6.79. The highest BCUT2D eigenvalue weighted by Gasteiger charge is 2.23. The largest absolute Gasteiger partial charge is 0.343 e. The number of thiazole rings is 1. The summed E-state index contributed by atoms with van der Waals surface area (Å²) < 4.78 is 3.29. The van der Waals surface area contributed by atoms with E-state index in [1.54, 1.807) is 0 Å². The molecule has 1 saturated heterocycles. The Morgan fingerprint density at radius 3 is 2.96 bits per heavy atom. The maximum atomic E-state index is 4.95. The van der Waals surface area contributed by atoms with E-state index in [0.29, 0.717) is 0 Å². The Balaban J connectivity index is 1.39. The van der Waals surface area contributed by atoms with Gasteiger partial charge in [-0.3, -0.25) is 4.68 Å². The molecule has 3 aromatic rings. The first kappa shape index (κ1) is 14.9. The van der Waals surface area contributed by atoms with E-state index >= 15 is 0 Å². The lowest BCUT2D eigenvalue weighted by molar-refractivity contribution is 0.465. The number of piperidine rings is 1. The number of hydrogen-bond acceptors (Lipinski definition) is 6. The van der Waals surface area contributed by atoms with Crippen LogP contribution in [0, 0.1) is 0 Å². The smallest absolute Gasteiger partial charge is 0.187 e. The molecule has 0 unspecified atom stereocenters. The average Bonchev–Trinajstić information content (AvgIpc) is 3.26. The summed E-state index contributed by atoms with van der Waals surface area (Å²) in [6.45, 7) is 4.25. The third-order valence-corrected chi connectivity index (χ3v) is 7.46. The van der Waals surface area contributed by atoms with E-state index in [9.17, 15) is 0 Å². The Hall–Kier alpha value is -1.44. The van der Waals surface area contributed by atoms with Crippen LogP contribution in [0.3, 0.4) is 0 Å². The van der Waals surface area contributed by atoms with Gasteiger partial charge in [-0.25, -0.2) is 4.98 Å². The molecule has 0 atom stereocenters. The van der Waals surface area contributed by atoms with Gasteiger partial charge in [0.25, 0.3) is 0 Å². The van der Waals surface area contributed by atoms with Gasteiger partial charge in [-0.2, -0.15) is 5.10 Å². The van der Waals surface area contributed by atoms with Gasteiger partial charge in [-0.05, 0) is 37.9 Å². The van der Waals surface area contributed by atoms with Crippen molar-refractivity contribution in [2.75, 3.05) is 24.5 Å². The quantitative estimate of drug-likeness (QED) is 0.764. The summed E-state index contributed by atoms with van der Waals surface area (Å²) in [4.78, 5) is 10.1. The first-order valence-electron chi connectivity index (χ1n) is 8.63. The summed E-state index contributed by atoms with van der Waals surface area (Å²) in [6, 6.07) is 2.40. The van der Waals surface area contributed by atoms with Crippen LogP contribution >= 0.6 is 22.7 Å². The molecule has 5 rings (SSSR count). The summed E-state index contributed by atoms with van der Waals surface area (Å²) in [5.74, 6) is 0.731. The van der Waals surface area contributed by atoms with Gasteiger partial charge < -0.3 is 10.2 Å². The van der Waals surface area contributed by atoms with Crippen molar-refractivity contribution in [1.29, 1.82) is 0 Å². The Bertz CT molecular complexity index is 839. The van der Waals surface area contributed by atoms with Gasteiger partial charge in [0.1, 0.15) is 4.83 Å². The highest BCUT2D eigenvalue weighted by Crippen LogP contribution is 2.40. The fourth-order valence-corrected chi connectivity index (χ4v) is 6.21. The Morgan fingerprint density at radius 2 is 2.12 bits per heavy atom. The van der Waals surface area contributed by atoms with Crippen LogP contribution in [-0.4, -0.2) is 34.4 Å². The topological polar surface area (TPSA) is 46.0 Å². The first-order valence-corrected chi connectivity index (χ1v) is 10.3. The number of aromatic nitrogens is 3. The molecule has 0 amide bonds. The van der Waals surface area contributed by atoms with Crippen molar-refractivity contribution in [3.63, 3.8) is 0 Å². The molecular formula is C17H21N5S2. The van der Waals surface area contributed by atoms with Crippen LogP contribution in [0.1, 0.15) is 34.9 Å². The third kappa shape index (κ3) is 2.55. The van der Waals surface area contributed by atoms with E-state index in [1.807, 2.05) is 34.4 Å². The molecule has 0 spiro atoms.